The van der Waals surface area contributed by atoms with Crippen molar-refractivity contribution in [2.75, 3.05) is 36.5 Å². The molecule has 4 rings (SSSR count). The van der Waals surface area contributed by atoms with Gasteiger partial charge in [-0.3, -0.25) is 9.80 Å². The molecule has 0 aliphatic carbocycles. The number of anilines is 2. The number of nitrogens with zero attached hydrogens (tertiary/aromatic N) is 2. The van der Waals surface area contributed by atoms with Crippen molar-refractivity contribution >= 4 is 70.4 Å². The lowest BCUT2D eigenvalue weighted by molar-refractivity contribution is -0.136. The van der Waals surface area contributed by atoms with Gasteiger partial charge < -0.3 is 9.47 Å². The lowest BCUT2D eigenvalue weighted by atomic mass is 10.3. The number of methoxy groups -OCH3 is 2. The maximum atomic E-state index is 12.7. The first kappa shape index (κ1) is 24.7. The van der Waals surface area contributed by atoms with Crippen molar-refractivity contribution < 1.29 is 19.1 Å². The molecule has 0 spiro atoms. The molecule has 0 atom stereocenters. The van der Waals surface area contributed by atoms with Crippen LogP contribution in [0.5, 0.6) is 0 Å². The molecule has 2 aliphatic heterocycles. The van der Waals surface area contributed by atoms with Gasteiger partial charge in [0, 0.05) is 11.4 Å². The maximum Gasteiger partial charge on any atom is 0.347 e. The number of hydrogen-bond acceptors (Lipinski definition) is 10. The summed E-state index contributed by atoms with van der Waals surface area (Å²) in [7, 11) is 2.77. The predicted octanol–water partition coefficient (Wildman–Crippen LogP) is 6.03. The topological polar surface area (TPSA) is 59.1 Å². The average molecular weight is 531 g/mol. The molecular formula is C24H22N2O4S4. The van der Waals surface area contributed by atoms with Crippen molar-refractivity contribution in [3.8, 4) is 0 Å². The van der Waals surface area contributed by atoms with Crippen LogP contribution in [0.25, 0.3) is 0 Å². The van der Waals surface area contributed by atoms with E-state index >= 15 is 0 Å². The van der Waals surface area contributed by atoms with Crippen molar-refractivity contribution in [2.45, 2.75) is 0 Å². The van der Waals surface area contributed by atoms with Crippen LogP contribution < -0.4 is 9.80 Å². The normalized spacial score (nSPS) is 18.1. The van der Waals surface area contributed by atoms with Gasteiger partial charge in [-0.2, -0.15) is 0 Å². The molecule has 2 aliphatic rings. The number of benzene rings is 2. The molecule has 2 aromatic rings. The Morgan fingerprint density at radius 3 is 1.32 bits per heavy atom. The number of carbonyl (C=O) groups is 2. The third kappa shape index (κ3) is 4.47. The molecule has 0 saturated heterocycles. The number of ether oxygens (including phenoxy) is 2. The molecule has 6 nitrogen and oxygen atoms in total. The van der Waals surface area contributed by atoms with Crippen LogP contribution in [0.3, 0.4) is 0 Å². The summed E-state index contributed by atoms with van der Waals surface area (Å²) in [5.41, 5.74) is 1.82. The lowest BCUT2D eigenvalue weighted by Gasteiger charge is -2.28. The minimum Gasteiger partial charge on any atom is -0.465 e. The number of esters is 2. The standard InChI is InChI=1S/C24H22N2O4S4/c1-29-23(27)17-19(31-3)25(15-11-7-5-8-12-15)21(33-17)22-26(16-13-9-6-10-14-16)20(32-4)18(34-22)24(28)30-2/h5-14H,1-4H3/b22-21+. The van der Waals surface area contributed by atoms with E-state index in [1.165, 1.54) is 61.3 Å². The van der Waals surface area contributed by atoms with Crippen LogP contribution in [0.15, 0.2) is 90.6 Å². The van der Waals surface area contributed by atoms with E-state index in [0.717, 1.165) is 31.5 Å². The quantitative estimate of drug-likeness (QED) is 0.414. The van der Waals surface area contributed by atoms with Crippen LogP contribution in [0.1, 0.15) is 0 Å². The van der Waals surface area contributed by atoms with Crippen molar-refractivity contribution in [3.63, 3.8) is 0 Å². The van der Waals surface area contributed by atoms with Gasteiger partial charge in [0.2, 0.25) is 0 Å². The first-order chi connectivity index (χ1) is 16.5. The molecule has 2 heterocycles. The summed E-state index contributed by atoms with van der Waals surface area (Å²) in [5, 5.41) is 3.18. The average Bonchev–Trinajstić information content (AvgIpc) is 3.47. The Balaban J connectivity index is 1.96. The smallest absolute Gasteiger partial charge is 0.347 e. The fourth-order valence-electron chi connectivity index (χ4n) is 3.47. The highest BCUT2D eigenvalue weighted by Gasteiger charge is 2.42. The van der Waals surface area contributed by atoms with Crippen molar-refractivity contribution in [3.05, 3.63) is 90.6 Å². The summed E-state index contributed by atoms with van der Waals surface area (Å²) >= 11 is 5.65. The number of rotatable bonds is 6. The zero-order chi connectivity index (χ0) is 24.2. The Hall–Kier alpha value is -2.40. The second-order valence-electron chi connectivity index (χ2n) is 6.82. The SMILES string of the molecule is COC(=O)C1=C(SC)N(c2ccccc2)/C(=C2\SC(C(=O)OC)=C(SC)N2c2ccccc2)S1. The largest absolute Gasteiger partial charge is 0.465 e. The molecule has 0 N–H and O–H groups in total. The van der Waals surface area contributed by atoms with Gasteiger partial charge >= 0.3 is 11.9 Å². The van der Waals surface area contributed by atoms with Gasteiger partial charge in [0.15, 0.2) is 0 Å². The minimum atomic E-state index is -0.397. The Kier molecular flexibility index (Phi) is 7.92. The first-order valence-electron chi connectivity index (χ1n) is 10.1. The van der Waals surface area contributed by atoms with Gasteiger partial charge in [-0.25, -0.2) is 9.59 Å². The first-order valence-corrected chi connectivity index (χ1v) is 14.2. The Bertz CT molecular complexity index is 1100. The van der Waals surface area contributed by atoms with E-state index in [2.05, 4.69) is 9.80 Å². The summed E-state index contributed by atoms with van der Waals surface area (Å²) < 4.78 is 10.2. The molecule has 0 fully saturated rings. The third-order valence-corrected chi connectivity index (χ3v) is 9.14. The molecule has 0 radical (unpaired) electrons. The fourth-order valence-corrected chi connectivity index (χ4v) is 7.89. The van der Waals surface area contributed by atoms with E-state index in [1.807, 2.05) is 73.2 Å². The number of thioether (sulfide) groups is 4. The van der Waals surface area contributed by atoms with E-state index < -0.39 is 11.9 Å². The molecule has 0 unspecified atom stereocenters. The third-order valence-electron chi connectivity index (χ3n) is 4.94. The molecule has 176 valence electrons. The lowest BCUT2D eigenvalue weighted by Crippen LogP contribution is -2.22. The Morgan fingerprint density at radius 1 is 0.676 bits per heavy atom. The van der Waals surface area contributed by atoms with E-state index in [0.29, 0.717) is 9.81 Å². The van der Waals surface area contributed by atoms with E-state index in [-0.39, 0.29) is 0 Å². The summed E-state index contributed by atoms with van der Waals surface area (Å²) in [6.07, 6.45) is 3.87. The van der Waals surface area contributed by atoms with E-state index in [4.69, 9.17) is 9.47 Å². The zero-order valence-corrected chi connectivity index (χ0v) is 22.2. The minimum absolute atomic E-state index is 0.397. The molecule has 0 aromatic heterocycles. The highest BCUT2D eigenvalue weighted by atomic mass is 32.2. The number of carbonyl (C=O) groups excluding carboxylic acids is 2. The highest BCUT2D eigenvalue weighted by molar-refractivity contribution is 8.13. The molecule has 10 heteroatoms. The molecule has 34 heavy (non-hydrogen) atoms. The molecule has 0 amide bonds. The predicted molar refractivity (Wildman–Crippen MR) is 145 cm³/mol. The highest BCUT2D eigenvalue weighted by Crippen LogP contribution is 2.56. The molecule has 0 bridgehead atoms. The fraction of sp³-hybridized carbons (Fsp3) is 0.167. The van der Waals surface area contributed by atoms with Crippen LogP contribution >= 0.6 is 47.0 Å². The van der Waals surface area contributed by atoms with Crippen molar-refractivity contribution in [1.82, 2.24) is 0 Å². The monoisotopic (exact) mass is 530 g/mol. The maximum absolute atomic E-state index is 12.7. The van der Waals surface area contributed by atoms with Gasteiger partial charge in [-0.1, -0.05) is 59.9 Å². The van der Waals surface area contributed by atoms with Gasteiger partial charge in [-0.15, -0.1) is 23.5 Å². The van der Waals surface area contributed by atoms with Crippen LogP contribution in [0, 0.1) is 0 Å². The number of para-hydroxylation sites is 2. The number of hydrogen-bond donors (Lipinski definition) is 0. The summed E-state index contributed by atoms with van der Waals surface area (Å²) in [5.74, 6) is -0.794. The van der Waals surface area contributed by atoms with Crippen molar-refractivity contribution in [1.29, 1.82) is 0 Å². The second-order valence-corrected chi connectivity index (χ2v) is 10.4. The molecule has 2 aromatic carbocycles. The molecule has 0 saturated carbocycles. The Labute approximate surface area is 215 Å². The van der Waals surface area contributed by atoms with Gasteiger partial charge in [-0.05, 0) is 36.8 Å². The Morgan fingerprint density at radius 2 is 1.03 bits per heavy atom. The van der Waals surface area contributed by atoms with Crippen LogP contribution in [0.4, 0.5) is 11.4 Å². The van der Waals surface area contributed by atoms with Crippen LogP contribution in [0.2, 0.25) is 0 Å². The summed E-state index contributed by atoms with van der Waals surface area (Å²) in [6, 6.07) is 19.7. The van der Waals surface area contributed by atoms with Crippen molar-refractivity contribution in [2.24, 2.45) is 0 Å². The molecular weight excluding hydrogens is 509 g/mol. The van der Waals surface area contributed by atoms with E-state index in [1.54, 1.807) is 0 Å². The second kappa shape index (κ2) is 10.9. The summed E-state index contributed by atoms with van der Waals surface area (Å²) in [6.45, 7) is 0. The van der Waals surface area contributed by atoms with Crippen LogP contribution in [-0.4, -0.2) is 38.7 Å². The van der Waals surface area contributed by atoms with Gasteiger partial charge in [0.1, 0.15) is 29.9 Å². The summed E-state index contributed by atoms with van der Waals surface area (Å²) in [4.78, 5) is 30.6. The van der Waals surface area contributed by atoms with Gasteiger partial charge in [0.05, 0.1) is 14.2 Å². The van der Waals surface area contributed by atoms with Crippen LogP contribution in [-0.2, 0) is 19.1 Å². The van der Waals surface area contributed by atoms with Gasteiger partial charge in [0.25, 0.3) is 0 Å². The van der Waals surface area contributed by atoms with E-state index in [9.17, 15) is 9.59 Å². The zero-order valence-electron chi connectivity index (χ0n) is 18.9.